The highest BCUT2D eigenvalue weighted by atomic mass is 35.5. The molecule has 0 aromatic heterocycles. The van der Waals surface area contributed by atoms with Gasteiger partial charge in [0, 0.05) is 24.1 Å². The second-order valence-corrected chi connectivity index (χ2v) is 6.34. The molecule has 2 aromatic rings. The number of nitrogens with one attached hydrogen (secondary N) is 2. The van der Waals surface area contributed by atoms with Crippen molar-refractivity contribution in [2.75, 3.05) is 24.3 Å². The molecule has 0 aliphatic carbocycles. The van der Waals surface area contributed by atoms with Crippen LogP contribution >= 0.6 is 34.8 Å². The number of hydrogen-bond donors (Lipinski definition) is 2. The molecule has 7 heteroatoms. The van der Waals surface area contributed by atoms with Gasteiger partial charge in [0.2, 0.25) is 5.91 Å². The molecule has 0 atom stereocenters. The summed E-state index contributed by atoms with van der Waals surface area (Å²) >= 11 is 18.2. The van der Waals surface area contributed by atoms with Gasteiger partial charge in [-0.05, 0) is 30.7 Å². The zero-order chi connectivity index (χ0) is 17.7. The maximum atomic E-state index is 12.1. The zero-order valence-corrected chi connectivity index (χ0v) is 15.5. The van der Waals surface area contributed by atoms with Crippen molar-refractivity contribution in [2.45, 2.75) is 13.3 Å². The van der Waals surface area contributed by atoms with Gasteiger partial charge in [-0.2, -0.15) is 0 Å². The number of rotatable bonds is 6. The standard InChI is InChI=1S/C17H17Cl3N2O2/c1-10-8-14(15(24-2)9-13(10)20)22-16(23)6-7-21-17-11(18)4-3-5-12(17)19/h3-5,8-9,21H,6-7H2,1-2H3,(H,22,23). The first kappa shape index (κ1) is 18.7. The molecule has 0 heterocycles. The Hall–Kier alpha value is -1.62. The molecular formula is C17H17Cl3N2O2. The first-order chi connectivity index (χ1) is 11.4. The van der Waals surface area contributed by atoms with Gasteiger partial charge in [-0.15, -0.1) is 0 Å². The van der Waals surface area contributed by atoms with E-state index in [2.05, 4.69) is 10.6 Å². The quantitative estimate of drug-likeness (QED) is 0.697. The molecule has 2 N–H and O–H groups in total. The van der Waals surface area contributed by atoms with Gasteiger partial charge in [0.25, 0.3) is 0 Å². The number of halogens is 3. The second-order valence-electron chi connectivity index (χ2n) is 5.12. The average molecular weight is 388 g/mol. The molecule has 128 valence electrons. The molecule has 0 radical (unpaired) electrons. The summed E-state index contributed by atoms with van der Waals surface area (Å²) in [6.45, 7) is 2.25. The minimum absolute atomic E-state index is 0.161. The van der Waals surface area contributed by atoms with E-state index in [1.54, 1.807) is 30.3 Å². The van der Waals surface area contributed by atoms with Crippen LogP contribution in [0.2, 0.25) is 15.1 Å². The van der Waals surface area contributed by atoms with Crippen LogP contribution in [0.1, 0.15) is 12.0 Å². The largest absolute Gasteiger partial charge is 0.495 e. The summed E-state index contributed by atoms with van der Waals surface area (Å²) in [7, 11) is 1.53. The predicted molar refractivity (Wildman–Crippen MR) is 101 cm³/mol. The Morgan fingerprint density at radius 3 is 2.42 bits per heavy atom. The molecule has 0 bridgehead atoms. The summed E-state index contributed by atoms with van der Waals surface area (Å²) in [6, 6.07) is 8.68. The van der Waals surface area contributed by atoms with E-state index in [0.29, 0.717) is 38.7 Å². The number of para-hydroxylation sites is 1. The van der Waals surface area contributed by atoms with Crippen molar-refractivity contribution in [1.82, 2.24) is 0 Å². The van der Waals surface area contributed by atoms with Crippen molar-refractivity contribution >= 4 is 52.1 Å². The van der Waals surface area contributed by atoms with E-state index < -0.39 is 0 Å². The maximum Gasteiger partial charge on any atom is 0.226 e. The van der Waals surface area contributed by atoms with Crippen LogP contribution in [-0.2, 0) is 4.79 Å². The number of ether oxygens (including phenoxy) is 1. The molecule has 0 spiro atoms. The van der Waals surface area contributed by atoms with Crippen LogP contribution in [0, 0.1) is 6.92 Å². The third-order valence-electron chi connectivity index (χ3n) is 3.37. The fourth-order valence-corrected chi connectivity index (χ4v) is 2.79. The molecule has 0 saturated carbocycles. The van der Waals surface area contributed by atoms with Crippen molar-refractivity contribution in [3.05, 3.63) is 51.0 Å². The van der Waals surface area contributed by atoms with E-state index >= 15 is 0 Å². The smallest absolute Gasteiger partial charge is 0.226 e. The van der Waals surface area contributed by atoms with Gasteiger partial charge in [0.1, 0.15) is 5.75 Å². The highest BCUT2D eigenvalue weighted by molar-refractivity contribution is 6.39. The number of methoxy groups -OCH3 is 1. The topological polar surface area (TPSA) is 50.4 Å². The molecule has 0 unspecified atom stereocenters. The lowest BCUT2D eigenvalue weighted by Gasteiger charge is -2.13. The minimum atomic E-state index is -0.161. The number of anilines is 2. The fraction of sp³-hybridized carbons (Fsp3) is 0.235. The number of benzene rings is 2. The molecule has 0 saturated heterocycles. The van der Waals surface area contributed by atoms with Gasteiger partial charge < -0.3 is 15.4 Å². The summed E-state index contributed by atoms with van der Waals surface area (Å²) in [5, 5.41) is 7.49. The maximum absolute atomic E-state index is 12.1. The summed E-state index contributed by atoms with van der Waals surface area (Å²) in [5.41, 5.74) is 2.06. The van der Waals surface area contributed by atoms with Gasteiger partial charge in [0.05, 0.1) is 28.5 Å². The van der Waals surface area contributed by atoms with Gasteiger partial charge in [-0.3, -0.25) is 4.79 Å². The summed E-state index contributed by atoms with van der Waals surface area (Å²) in [5.74, 6) is 0.353. The molecule has 0 aliphatic rings. The zero-order valence-electron chi connectivity index (χ0n) is 13.3. The first-order valence-corrected chi connectivity index (χ1v) is 8.37. The Morgan fingerprint density at radius 1 is 1.12 bits per heavy atom. The normalized spacial score (nSPS) is 10.4. The van der Waals surface area contributed by atoms with Crippen LogP contribution in [0.25, 0.3) is 0 Å². The van der Waals surface area contributed by atoms with Crippen LogP contribution in [0.4, 0.5) is 11.4 Å². The molecule has 0 fully saturated rings. The van der Waals surface area contributed by atoms with Crippen LogP contribution < -0.4 is 15.4 Å². The van der Waals surface area contributed by atoms with Gasteiger partial charge >= 0.3 is 0 Å². The Bertz CT molecular complexity index is 731. The van der Waals surface area contributed by atoms with E-state index in [0.717, 1.165) is 5.56 Å². The van der Waals surface area contributed by atoms with Crippen molar-refractivity contribution in [1.29, 1.82) is 0 Å². The lowest BCUT2D eigenvalue weighted by molar-refractivity contribution is -0.116. The number of hydrogen-bond acceptors (Lipinski definition) is 3. The summed E-state index contributed by atoms with van der Waals surface area (Å²) < 4.78 is 5.24. The van der Waals surface area contributed by atoms with Crippen LogP contribution in [0.15, 0.2) is 30.3 Å². The highest BCUT2D eigenvalue weighted by Crippen LogP contribution is 2.31. The average Bonchev–Trinajstić information content (AvgIpc) is 2.53. The van der Waals surface area contributed by atoms with E-state index in [1.807, 2.05) is 6.92 Å². The fourth-order valence-electron chi connectivity index (χ4n) is 2.11. The van der Waals surface area contributed by atoms with Crippen LogP contribution in [0.3, 0.4) is 0 Å². The molecule has 4 nitrogen and oxygen atoms in total. The van der Waals surface area contributed by atoms with E-state index in [-0.39, 0.29) is 12.3 Å². The Balaban J connectivity index is 1.96. The summed E-state index contributed by atoms with van der Waals surface area (Å²) in [4.78, 5) is 12.1. The second kappa shape index (κ2) is 8.47. The molecule has 2 rings (SSSR count). The SMILES string of the molecule is COc1cc(Cl)c(C)cc1NC(=O)CCNc1c(Cl)cccc1Cl. The lowest BCUT2D eigenvalue weighted by Crippen LogP contribution is -2.17. The first-order valence-electron chi connectivity index (χ1n) is 7.24. The van der Waals surface area contributed by atoms with Gasteiger partial charge in [-0.1, -0.05) is 40.9 Å². The van der Waals surface area contributed by atoms with Gasteiger partial charge in [0.15, 0.2) is 0 Å². The molecule has 1 amide bonds. The van der Waals surface area contributed by atoms with Crippen molar-refractivity contribution in [3.8, 4) is 5.75 Å². The minimum Gasteiger partial charge on any atom is -0.495 e. The molecule has 2 aromatic carbocycles. The van der Waals surface area contributed by atoms with Crippen LogP contribution in [0.5, 0.6) is 5.75 Å². The number of aryl methyl sites for hydroxylation is 1. The summed E-state index contributed by atoms with van der Waals surface area (Å²) in [6.07, 6.45) is 0.242. The highest BCUT2D eigenvalue weighted by Gasteiger charge is 2.11. The molecule has 0 aliphatic heterocycles. The van der Waals surface area contributed by atoms with Crippen molar-refractivity contribution < 1.29 is 9.53 Å². The molecule has 24 heavy (non-hydrogen) atoms. The van der Waals surface area contributed by atoms with E-state index in [1.165, 1.54) is 7.11 Å². The van der Waals surface area contributed by atoms with Crippen molar-refractivity contribution in [2.24, 2.45) is 0 Å². The lowest BCUT2D eigenvalue weighted by atomic mass is 10.2. The number of carbonyl (C=O) groups is 1. The monoisotopic (exact) mass is 386 g/mol. The Morgan fingerprint density at radius 2 is 1.79 bits per heavy atom. The molecular weight excluding hydrogens is 371 g/mol. The van der Waals surface area contributed by atoms with E-state index in [9.17, 15) is 4.79 Å². The number of amides is 1. The Kier molecular flexibility index (Phi) is 6.60. The Labute approximate surface area is 156 Å². The van der Waals surface area contributed by atoms with Gasteiger partial charge in [-0.25, -0.2) is 0 Å². The number of carbonyl (C=O) groups excluding carboxylic acids is 1. The predicted octanol–water partition coefficient (Wildman–Crippen LogP) is 5.40. The van der Waals surface area contributed by atoms with E-state index in [4.69, 9.17) is 39.5 Å². The van der Waals surface area contributed by atoms with Crippen molar-refractivity contribution in [3.63, 3.8) is 0 Å². The third kappa shape index (κ3) is 4.69. The third-order valence-corrected chi connectivity index (χ3v) is 4.41. The van der Waals surface area contributed by atoms with Crippen LogP contribution in [-0.4, -0.2) is 19.6 Å².